The van der Waals surface area contributed by atoms with E-state index in [4.69, 9.17) is 16.3 Å². The number of hydrogen-bond acceptors (Lipinski definition) is 1. The number of hydrogen-bond donors (Lipinski definition) is 0. The molecule has 0 aliphatic heterocycles. The van der Waals surface area contributed by atoms with Gasteiger partial charge < -0.3 is 4.74 Å². The molecule has 0 radical (unpaired) electrons. The highest BCUT2D eigenvalue weighted by Crippen LogP contribution is 2.15. The molecular weight excluding hydrogens is 220 g/mol. The Kier molecular flexibility index (Phi) is 5.82. The fourth-order valence-corrected chi connectivity index (χ4v) is 1.55. The van der Waals surface area contributed by atoms with Gasteiger partial charge in [0.1, 0.15) is 5.75 Å². The van der Waals surface area contributed by atoms with Crippen LogP contribution >= 0.6 is 11.6 Å². The lowest BCUT2D eigenvalue weighted by atomic mass is 10.2. The Bertz CT molecular complexity index is 376. The minimum Gasteiger partial charge on any atom is -0.491 e. The van der Waals surface area contributed by atoms with E-state index in [0.29, 0.717) is 5.88 Å². The van der Waals surface area contributed by atoms with E-state index in [9.17, 15) is 0 Å². The normalized spacial score (nSPS) is 11.4. The molecule has 0 bridgehead atoms. The first-order chi connectivity index (χ1) is 7.76. The van der Waals surface area contributed by atoms with Crippen molar-refractivity contribution in [3.05, 3.63) is 29.8 Å². The van der Waals surface area contributed by atoms with Crippen LogP contribution in [-0.4, -0.2) is 12.0 Å². The van der Waals surface area contributed by atoms with Gasteiger partial charge in [-0.2, -0.15) is 0 Å². The Balaban J connectivity index is 2.67. The van der Waals surface area contributed by atoms with E-state index in [1.165, 1.54) is 0 Å². The van der Waals surface area contributed by atoms with Gasteiger partial charge >= 0.3 is 0 Å². The van der Waals surface area contributed by atoms with Crippen molar-refractivity contribution >= 4 is 11.6 Å². The molecule has 1 nitrogen and oxygen atoms in total. The number of ether oxygens (including phenoxy) is 1. The lowest BCUT2D eigenvalue weighted by Crippen LogP contribution is -2.10. The van der Waals surface area contributed by atoms with Gasteiger partial charge in [-0.25, -0.2) is 0 Å². The minimum absolute atomic E-state index is 0.251. The van der Waals surface area contributed by atoms with Crippen LogP contribution in [0.15, 0.2) is 24.3 Å². The van der Waals surface area contributed by atoms with E-state index in [0.717, 1.165) is 24.2 Å². The highest BCUT2D eigenvalue weighted by Gasteiger charge is 2.02. The molecule has 1 rings (SSSR count). The maximum absolute atomic E-state index is 5.77. The van der Waals surface area contributed by atoms with Crippen molar-refractivity contribution in [2.45, 2.75) is 32.8 Å². The second-order valence-electron chi connectivity index (χ2n) is 3.68. The van der Waals surface area contributed by atoms with Crippen molar-refractivity contribution in [3.8, 4) is 17.6 Å². The van der Waals surface area contributed by atoms with Crippen molar-refractivity contribution < 1.29 is 4.74 Å². The number of benzene rings is 1. The summed E-state index contributed by atoms with van der Waals surface area (Å²) in [5.74, 6) is 7.04. The Hall–Kier alpha value is -1.13. The van der Waals surface area contributed by atoms with Crippen molar-refractivity contribution in [3.63, 3.8) is 0 Å². The zero-order valence-electron chi connectivity index (χ0n) is 9.79. The molecule has 0 amide bonds. The molecule has 1 aromatic rings. The van der Waals surface area contributed by atoms with Crippen LogP contribution in [0.4, 0.5) is 0 Å². The molecule has 0 spiro atoms. The van der Waals surface area contributed by atoms with Gasteiger partial charge in [-0.05, 0) is 31.5 Å². The predicted molar refractivity (Wildman–Crippen MR) is 69.0 cm³/mol. The summed E-state index contributed by atoms with van der Waals surface area (Å²) in [4.78, 5) is 0. The van der Waals surface area contributed by atoms with Crippen molar-refractivity contribution in [2.24, 2.45) is 0 Å². The predicted octanol–water partition coefficient (Wildman–Crippen LogP) is 3.84. The Morgan fingerprint density at radius 1 is 1.44 bits per heavy atom. The quantitative estimate of drug-likeness (QED) is 0.570. The summed E-state index contributed by atoms with van der Waals surface area (Å²) in [5.41, 5.74) is 0.946. The lowest BCUT2D eigenvalue weighted by Gasteiger charge is -2.13. The van der Waals surface area contributed by atoms with Crippen LogP contribution in [0.2, 0.25) is 0 Å². The fourth-order valence-electron chi connectivity index (χ4n) is 1.48. The molecule has 0 aliphatic rings. The van der Waals surface area contributed by atoms with Crippen LogP contribution in [0, 0.1) is 11.8 Å². The van der Waals surface area contributed by atoms with Gasteiger partial charge in [0.15, 0.2) is 0 Å². The topological polar surface area (TPSA) is 9.23 Å². The smallest absolute Gasteiger partial charge is 0.120 e. The molecule has 0 saturated heterocycles. The highest BCUT2D eigenvalue weighted by molar-refractivity contribution is 6.19. The second-order valence-corrected chi connectivity index (χ2v) is 3.95. The third-order valence-electron chi connectivity index (χ3n) is 2.17. The Morgan fingerprint density at radius 2 is 2.25 bits per heavy atom. The zero-order chi connectivity index (χ0) is 11.8. The lowest BCUT2D eigenvalue weighted by molar-refractivity contribution is 0.210. The van der Waals surface area contributed by atoms with E-state index in [1.54, 1.807) is 0 Å². The monoisotopic (exact) mass is 236 g/mol. The van der Waals surface area contributed by atoms with Crippen molar-refractivity contribution in [2.75, 3.05) is 5.88 Å². The third kappa shape index (κ3) is 4.59. The van der Waals surface area contributed by atoms with Crippen molar-refractivity contribution in [1.29, 1.82) is 0 Å². The first-order valence-corrected chi connectivity index (χ1v) is 6.11. The average molecular weight is 237 g/mol. The van der Waals surface area contributed by atoms with E-state index in [1.807, 2.05) is 24.3 Å². The van der Waals surface area contributed by atoms with Gasteiger partial charge in [-0.3, -0.25) is 0 Å². The van der Waals surface area contributed by atoms with Crippen LogP contribution in [0.5, 0.6) is 5.75 Å². The molecule has 0 aromatic heterocycles. The van der Waals surface area contributed by atoms with Gasteiger partial charge in [0.05, 0.1) is 12.0 Å². The molecule has 0 N–H and O–H groups in total. The van der Waals surface area contributed by atoms with E-state index < -0.39 is 0 Å². The third-order valence-corrected chi connectivity index (χ3v) is 2.30. The Labute approximate surface area is 103 Å². The number of rotatable bonds is 4. The molecule has 1 aromatic carbocycles. The molecule has 86 valence electrons. The molecule has 0 aliphatic carbocycles. The molecule has 2 heteroatoms. The minimum atomic E-state index is 0.251. The summed E-state index contributed by atoms with van der Waals surface area (Å²) in [6.45, 7) is 4.24. The highest BCUT2D eigenvalue weighted by atomic mass is 35.5. The first-order valence-electron chi connectivity index (χ1n) is 5.57. The van der Waals surface area contributed by atoms with Crippen LogP contribution in [0.3, 0.4) is 0 Å². The maximum atomic E-state index is 5.77. The molecule has 0 saturated carbocycles. The van der Waals surface area contributed by atoms with Gasteiger partial charge in [-0.15, -0.1) is 11.6 Å². The van der Waals surface area contributed by atoms with E-state index in [2.05, 4.69) is 25.7 Å². The summed E-state index contributed by atoms with van der Waals surface area (Å²) >= 11 is 5.51. The molecule has 16 heavy (non-hydrogen) atoms. The van der Waals surface area contributed by atoms with Crippen LogP contribution in [0.1, 0.15) is 32.3 Å². The summed E-state index contributed by atoms with van der Waals surface area (Å²) in [6.07, 6.45) is 2.45. The number of halogens is 1. The van der Waals surface area contributed by atoms with E-state index in [-0.39, 0.29) is 6.10 Å². The maximum Gasteiger partial charge on any atom is 0.120 e. The second kappa shape index (κ2) is 7.19. The molecule has 1 unspecified atom stereocenters. The van der Waals surface area contributed by atoms with Crippen LogP contribution in [-0.2, 0) is 0 Å². The standard InChI is InChI=1S/C14H17ClO/c1-3-6-12(2)16-14-9-4-7-13(11-14)8-5-10-15/h4,7,9,11-12H,3,6,10H2,1-2H3. The van der Waals surface area contributed by atoms with Gasteiger partial charge in [-0.1, -0.05) is 31.3 Å². The van der Waals surface area contributed by atoms with Gasteiger partial charge in [0, 0.05) is 5.56 Å². The molecule has 0 fully saturated rings. The summed E-state index contributed by atoms with van der Waals surface area (Å²) in [6, 6.07) is 7.81. The Morgan fingerprint density at radius 3 is 2.94 bits per heavy atom. The van der Waals surface area contributed by atoms with Crippen LogP contribution in [0.25, 0.3) is 0 Å². The fraction of sp³-hybridized carbons (Fsp3) is 0.429. The van der Waals surface area contributed by atoms with E-state index >= 15 is 0 Å². The molecule has 1 atom stereocenters. The van der Waals surface area contributed by atoms with Gasteiger partial charge in [0.25, 0.3) is 0 Å². The first kappa shape index (κ1) is 12.9. The molecular formula is C14H17ClO. The molecule has 0 heterocycles. The average Bonchev–Trinajstić information content (AvgIpc) is 2.27. The SMILES string of the molecule is CCCC(C)Oc1cccc(C#CCCl)c1. The summed E-state index contributed by atoms with van der Waals surface area (Å²) in [7, 11) is 0. The largest absolute Gasteiger partial charge is 0.491 e. The van der Waals surface area contributed by atoms with Crippen LogP contribution < -0.4 is 4.74 Å². The van der Waals surface area contributed by atoms with Crippen molar-refractivity contribution in [1.82, 2.24) is 0 Å². The zero-order valence-corrected chi connectivity index (χ0v) is 10.6. The summed E-state index contributed by atoms with van der Waals surface area (Å²) < 4.78 is 5.77. The number of alkyl halides is 1. The summed E-state index contributed by atoms with van der Waals surface area (Å²) in [5, 5.41) is 0. The van der Waals surface area contributed by atoms with Gasteiger partial charge in [0.2, 0.25) is 0 Å².